The molecule has 1 aromatic heterocycles. The van der Waals surface area contributed by atoms with E-state index in [-0.39, 0.29) is 11.7 Å². The van der Waals surface area contributed by atoms with Crippen LogP contribution in [0.25, 0.3) is 0 Å². The minimum absolute atomic E-state index is 0.256. The zero-order chi connectivity index (χ0) is 17.1. The quantitative estimate of drug-likeness (QED) is 0.849. The van der Waals surface area contributed by atoms with Crippen LogP contribution in [0.15, 0.2) is 18.5 Å². The lowest BCUT2D eigenvalue weighted by atomic mass is 9.99. The number of nitrogens with zero attached hydrogens (tertiary/aromatic N) is 2. The molecule has 23 heavy (non-hydrogen) atoms. The maximum atomic E-state index is 12.2. The molecule has 5 nitrogen and oxygen atoms in total. The van der Waals surface area contributed by atoms with E-state index in [4.69, 9.17) is 9.47 Å². The summed E-state index contributed by atoms with van der Waals surface area (Å²) >= 11 is 0. The topological polar surface area (TPSA) is 51.7 Å². The summed E-state index contributed by atoms with van der Waals surface area (Å²) in [5.41, 5.74) is 1.43. The van der Waals surface area contributed by atoms with Crippen LogP contribution in [-0.4, -0.2) is 40.3 Å². The highest BCUT2D eigenvalue weighted by molar-refractivity contribution is 5.68. The molecule has 0 saturated carbocycles. The van der Waals surface area contributed by atoms with Gasteiger partial charge in [0.15, 0.2) is 0 Å². The number of aryl methyl sites for hydroxylation is 1. The fourth-order valence-electron chi connectivity index (χ4n) is 2.77. The van der Waals surface area contributed by atoms with Crippen LogP contribution in [0, 0.1) is 6.92 Å². The van der Waals surface area contributed by atoms with Crippen molar-refractivity contribution in [2.24, 2.45) is 0 Å². The van der Waals surface area contributed by atoms with Crippen LogP contribution < -0.4 is 0 Å². The van der Waals surface area contributed by atoms with Crippen molar-refractivity contribution in [2.75, 3.05) is 13.1 Å². The summed E-state index contributed by atoms with van der Waals surface area (Å²) in [6, 6.07) is 2.08. The lowest BCUT2D eigenvalue weighted by Crippen LogP contribution is -2.40. The zero-order valence-electron chi connectivity index (χ0n) is 14.9. The van der Waals surface area contributed by atoms with Gasteiger partial charge in [-0.1, -0.05) is 13.0 Å². The number of ether oxygens (including phenoxy) is 2. The van der Waals surface area contributed by atoms with Crippen molar-refractivity contribution in [1.82, 2.24) is 9.88 Å². The molecule has 5 heteroatoms. The fourth-order valence-corrected chi connectivity index (χ4v) is 2.77. The molecule has 1 unspecified atom stereocenters. The SMILES string of the molecule is CCC1(OCc2cncc(C)c2)CCN(C(=O)OC(C)(C)C)C1. The number of pyridine rings is 1. The maximum Gasteiger partial charge on any atom is 0.410 e. The molecule has 1 fully saturated rings. The first-order chi connectivity index (χ1) is 10.7. The van der Waals surface area contributed by atoms with Crippen LogP contribution in [0.2, 0.25) is 0 Å². The summed E-state index contributed by atoms with van der Waals surface area (Å²) in [6.07, 6.45) is 5.11. The highest BCUT2D eigenvalue weighted by Gasteiger charge is 2.41. The Kier molecular flexibility index (Phi) is 5.30. The average molecular weight is 320 g/mol. The summed E-state index contributed by atoms with van der Waals surface area (Å²) in [6.45, 7) is 11.6. The monoisotopic (exact) mass is 320 g/mol. The van der Waals surface area contributed by atoms with Gasteiger partial charge in [0.25, 0.3) is 0 Å². The molecule has 2 rings (SSSR count). The second-order valence-corrected chi connectivity index (χ2v) is 7.35. The molecule has 0 spiro atoms. The number of aromatic nitrogens is 1. The van der Waals surface area contributed by atoms with Crippen LogP contribution in [-0.2, 0) is 16.1 Å². The minimum Gasteiger partial charge on any atom is -0.444 e. The van der Waals surface area contributed by atoms with Gasteiger partial charge in [0, 0.05) is 18.9 Å². The number of likely N-dealkylation sites (tertiary alicyclic amines) is 1. The van der Waals surface area contributed by atoms with Crippen molar-refractivity contribution in [3.63, 3.8) is 0 Å². The van der Waals surface area contributed by atoms with Crippen molar-refractivity contribution in [3.05, 3.63) is 29.6 Å². The molecule has 1 atom stereocenters. The molecule has 0 N–H and O–H groups in total. The lowest BCUT2D eigenvalue weighted by molar-refractivity contribution is -0.0528. The van der Waals surface area contributed by atoms with Crippen LogP contribution in [0.1, 0.15) is 51.7 Å². The van der Waals surface area contributed by atoms with Gasteiger partial charge >= 0.3 is 6.09 Å². The van der Waals surface area contributed by atoms with Crippen molar-refractivity contribution in [2.45, 2.75) is 65.3 Å². The Labute approximate surface area is 139 Å². The largest absolute Gasteiger partial charge is 0.444 e. The number of hydrogen-bond donors (Lipinski definition) is 0. The first-order valence-corrected chi connectivity index (χ1v) is 8.25. The van der Waals surface area contributed by atoms with E-state index >= 15 is 0 Å². The van der Waals surface area contributed by atoms with E-state index < -0.39 is 5.60 Å². The standard InChI is InChI=1S/C18H28N2O3/c1-6-18(22-12-15-9-14(2)10-19-11-15)7-8-20(13-18)16(21)23-17(3,4)5/h9-11H,6-8,12-13H2,1-5H3. The molecule has 1 aliphatic heterocycles. The van der Waals surface area contributed by atoms with E-state index in [1.807, 2.05) is 40.1 Å². The first kappa shape index (κ1) is 17.7. The van der Waals surface area contributed by atoms with Gasteiger partial charge in [0.05, 0.1) is 18.8 Å². The third kappa shape index (κ3) is 4.93. The Morgan fingerprint density at radius 2 is 2.13 bits per heavy atom. The maximum absolute atomic E-state index is 12.2. The highest BCUT2D eigenvalue weighted by Crippen LogP contribution is 2.31. The van der Waals surface area contributed by atoms with E-state index in [1.165, 1.54) is 0 Å². The highest BCUT2D eigenvalue weighted by atomic mass is 16.6. The van der Waals surface area contributed by atoms with Crippen LogP contribution in [0.5, 0.6) is 0 Å². The molecule has 0 aliphatic carbocycles. The number of rotatable bonds is 4. The third-order valence-electron chi connectivity index (χ3n) is 4.09. The molecule has 128 valence electrons. The molecule has 1 amide bonds. The predicted octanol–water partition coefficient (Wildman–Crippen LogP) is 3.70. The summed E-state index contributed by atoms with van der Waals surface area (Å²) in [7, 11) is 0. The number of carbonyl (C=O) groups is 1. The molecule has 1 saturated heterocycles. The van der Waals surface area contributed by atoms with E-state index in [2.05, 4.69) is 18.0 Å². The molecular formula is C18H28N2O3. The van der Waals surface area contributed by atoms with Crippen molar-refractivity contribution < 1.29 is 14.3 Å². The number of hydrogen-bond acceptors (Lipinski definition) is 4. The van der Waals surface area contributed by atoms with Crippen molar-refractivity contribution in [3.8, 4) is 0 Å². The average Bonchev–Trinajstić information content (AvgIpc) is 2.89. The summed E-state index contributed by atoms with van der Waals surface area (Å²) in [5, 5.41) is 0. The number of carbonyl (C=O) groups excluding carboxylic acids is 1. The second kappa shape index (κ2) is 6.87. The molecule has 0 radical (unpaired) electrons. The van der Waals surface area contributed by atoms with Gasteiger partial charge in [-0.2, -0.15) is 0 Å². The van der Waals surface area contributed by atoms with Gasteiger partial charge < -0.3 is 14.4 Å². The molecule has 2 heterocycles. The predicted molar refractivity (Wildman–Crippen MR) is 89.2 cm³/mol. The van der Waals surface area contributed by atoms with Gasteiger partial charge in [-0.05, 0) is 51.7 Å². The van der Waals surface area contributed by atoms with E-state index in [1.54, 1.807) is 4.90 Å². The Balaban J connectivity index is 1.96. The summed E-state index contributed by atoms with van der Waals surface area (Å²) < 4.78 is 11.7. The van der Waals surface area contributed by atoms with Gasteiger partial charge in [-0.15, -0.1) is 0 Å². The normalized spacial score (nSPS) is 21.5. The zero-order valence-corrected chi connectivity index (χ0v) is 14.9. The molecule has 0 aromatic carbocycles. The van der Waals surface area contributed by atoms with Crippen molar-refractivity contribution in [1.29, 1.82) is 0 Å². The fraction of sp³-hybridized carbons (Fsp3) is 0.667. The van der Waals surface area contributed by atoms with Crippen LogP contribution in [0.3, 0.4) is 0 Å². The Hall–Kier alpha value is -1.62. The van der Waals surface area contributed by atoms with Crippen LogP contribution >= 0.6 is 0 Å². The number of amides is 1. The van der Waals surface area contributed by atoms with E-state index in [0.29, 0.717) is 19.7 Å². The second-order valence-electron chi connectivity index (χ2n) is 7.35. The Morgan fingerprint density at radius 1 is 1.39 bits per heavy atom. The lowest BCUT2D eigenvalue weighted by Gasteiger charge is -2.29. The molecular weight excluding hydrogens is 292 g/mol. The van der Waals surface area contributed by atoms with Gasteiger partial charge in [0.1, 0.15) is 5.60 Å². The molecule has 1 aromatic rings. The van der Waals surface area contributed by atoms with Gasteiger partial charge in [0.2, 0.25) is 0 Å². The smallest absolute Gasteiger partial charge is 0.410 e. The summed E-state index contributed by atoms with van der Waals surface area (Å²) in [4.78, 5) is 18.2. The van der Waals surface area contributed by atoms with Gasteiger partial charge in [-0.3, -0.25) is 4.98 Å². The first-order valence-electron chi connectivity index (χ1n) is 8.25. The van der Waals surface area contributed by atoms with E-state index in [0.717, 1.165) is 24.0 Å². The van der Waals surface area contributed by atoms with Crippen molar-refractivity contribution >= 4 is 6.09 Å². The summed E-state index contributed by atoms with van der Waals surface area (Å²) in [5.74, 6) is 0. The third-order valence-corrected chi connectivity index (χ3v) is 4.09. The Morgan fingerprint density at radius 3 is 2.74 bits per heavy atom. The van der Waals surface area contributed by atoms with E-state index in [9.17, 15) is 4.79 Å². The van der Waals surface area contributed by atoms with Crippen LogP contribution in [0.4, 0.5) is 4.79 Å². The Bertz CT molecular complexity index is 553. The molecule has 1 aliphatic rings. The minimum atomic E-state index is -0.470. The van der Waals surface area contributed by atoms with Gasteiger partial charge in [-0.25, -0.2) is 4.79 Å². The molecule has 0 bridgehead atoms.